The highest BCUT2D eigenvalue weighted by Gasteiger charge is 2.19. The minimum atomic E-state index is -0.152. The zero-order chi connectivity index (χ0) is 13.5. The fourth-order valence-corrected chi connectivity index (χ4v) is 1.93. The summed E-state index contributed by atoms with van der Waals surface area (Å²) in [7, 11) is 3.63. The van der Waals surface area contributed by atoms with Crippen molar-refractivity contribution in [2.45, 2.75) is 19.4 Å². The molecule has 1 unspecified atom stereocenters. The van der Waals surface area contributed by atoms with Crippen LogP contribution in [0.4, 0.5) is 0 Å². The third-order valence-electron chi connectivity index (χ3n) is 3.01. The van der Waals surface area contributed by atoms with Crippen molar-refractivity contribution < 1.29 is 9.53 Å². The van der Waals surface area contributed by atoms with Crippen LogP contribution in [0.2, 0.25) is 5.02 Å². The van der Waals surface area contributed by atoms with Crippen LogP contribution < -0.4 is 0 Å². The largest absolute Gasteiger partial charge is 0.385 e. The predicted molar refractivity (Wildman–Crippen MR) is 74.4 cm³/mol. The van der Waals surface area contributed by atoms with Gasteiger partial charge in [-0.1, -0.05) is 23.7 Å². The number of Topliss-reactive ketones (excluding diaryl/α,β-unsaturated/α-hetero) is 1. The van der Waals surface area contributed by atoms with Crippen molar-refractivity contribution in [2.75, 3.05) is 27.3 Å². The molecule has 0 aromatic heterocycles. The lowest BCUT2D eigenvalue weighted by atomic mass is 10.0. The number of carbonyl (C=O) groups is 1. The van der Waals surface area contributed by atoms with E-state index in [1.54, 1.807) is 31.4 Å². The van der Waals surface area contributed by atoms with Gasteiger partial charge >= 0.3 is 0 Å². The first kappa shape index (κ1) is 15.2. The number of ether oxygens (including phenoxy) is 1. The second-order valence-electron chi connectivity index (χ2n) is 4.38. The lowest BCUT2D eigenvalue weighted by Crippen LogP contribution is -2.37. The Bertz CT molecular complexity index is 395. The number of likely N-dealkylation sites (N-methyl/N-ethyl adjacent to an activating group) is 1. The highest BCUT2D eigenvalue weighted by molar-refractivity contribution is 6.31. The molecule has 100 valence electrons. The number of carbonyl (C=O) groups excluding carboxylic acids is 1. The van der Waals surface area contributed by atoms with Gasteiger partial charge in [0.05, 0.1) is 6.04 Å². The van der Waals surface area contributed by atoms with E-state index >= 15 is 0 Å². The minimum absolute atomic E-state index is 0.0948. The highest BCUT2D eigenvalue weighted by atomic mass is 35.5. The molecule has 0 fully saturated rings. The van der Waals surface area contributed by atoms with Gasteiger partial charge in [0.15, 0.2) is 5.78 Å². The van der Waals surface area contributed by atoms with Crippen LogP contribution in [0.5, 0.6) is 0 Å². The van der Waals surface area contributed by atoms with Crippen LogP contribution in [0.3, 0.4) is 0 Å². The molecule has 0 spiro atoms. The van der Waals surface area contributed by atoms with Gasteiger partial charge in [0, 0.05) is 30.8 Å². The van der Waals surface area contributed by atoms with E-state index in [1.807, 2.05) is 18.9 Å². The molecule has 0 radical (unpaired) electrons. The van der Waals surface area contributed by atoms with Gasteiger partial charge in [0.1, 0.15) is 0 Å². The molecule has 1 rings (SSSR count). The Morgan fingerprint density at radius 3 is 2.83 bits per heavy atom. The molecule has 0 saturated heterocycles. The average molecular weight is 270 g/mol. The summed E-state index contributed by atoms with van der Waals surface area (Å²) in [6.07, 6.45) is 0.917. The summed E-state index contributed by atoms with van der Waals surface area (Å²) in [4.78, 5) is 14.3. The monoisotopic (exact) mass is 269 g/mol. The molecule has 0 bridgehead atoms. The molecule has 0 aliphatic rings. The summed E-state index contributed by atoms with van der Waals surface area (Å²) in [5, 5.41) is 0.593. The summed E-state index contributed by atoms with van der Waals surface area (Å²) >= 11 is 5.89. The van der Waals surface area contributed by atoms with E-state index in [0.717, 1.165) is 13.0 Å². The second-order valence-corrected chi connectivity index (χ2v) is 4.81. The van der Waals surface area contributed by atoms with Gasteiger partial charge in [-0.3, -0.25) is 9.69 Å². The molecule has 4 heteroatoms. The third kappa shape index (κ3) is 4.41. The van der Waals surface area contributed by atoms with E-state index in [9.17, 15) is 4.79 Å². The smallest absolute Gasteiger partial charge is 0.179 e. The fourth-order valence-electron chi connectivity index (χ4n) is 1.74. The topological polar surface area (TPSA) is 29.5 Å². The predicted octanol–water partition coefficient (Wildman–Crippen LogP) is 2.88. The average Bonchev–Trinajstić information content (AvgIpc) is 2.37. The zero-order valence-corrected chi connectivity index (χ0v) is 11.9. The Morgan fingerprint density at radius 2 is 2.22 bits per heavy atom. The van der Waals surface area contributed by atoms with Gasteiger partial charge in [0.2, 0.25) is 0 Å². The molecule has 18 heavy (non-hydrogen) atoms. The Hall–Kier alpha value is -0.900. The van der Waals surface area contributed by atoms with E-state index in [0.29, 0.717) is 17.2 Å². The van der Waals surface area contributed by atoms with Crippen molar-refractivity contribution in [3.63, 3.8) is 0 Å². The van der Waals surface area contributed by atoms with Crippen molar-refractivity contribution >= 4 is 17.4 Å². The molecule has 0 aliphatic carbocycles. The molecule has 1 aromatic rings. The van der Waals surface area contributed by atoms with Gasteiger partial charge < -0.3 is 4.74 Å². The molecule has 3 nitrogen and oxygen atoms in total. The summed E-state index contributed by atoms with van der Waals surface area (Å²) in [6.45, 7) is 3.46. The minimum Gasteiger partial charge on any atom is -0.385 e. The van der Waals surface area contributed by atoms with E-state index in [-0.39, 0.29) is 11.8 Å². The maximum absolute atomic E-state index is 12.2. The molecule has 0 saturated carbocycles. The molecular formula is C14H20ClNO2. The maximum atomic E-state index is 12.2. The van der Waals surface area contributed by atoms with E-state index < -0.39 is 0 Å². The van der Waals surface area contributed by atoms with Crippen LogP contribution in [0, 0.1) is 0 Å². The lowest BCUT2D eigenvalue weighted by Gasteiger charge is -2.23. The number of hydrogen-bond acceptors (Lipinski definition) is 3. The van der Waals surface area contributed by atoms with Crippen molar-refractivity contribution in [1.29, 1.82) is 0 Å². The molecule has 1 aromatic carbocycles. The lowest BCUT2D eigenvalue weighted by molar-refractivity contribution is 0.0855. The summed E-state index contributed by atoms with van der Waals surface area (Å²) in [5.74, 6) is 0.0948. The number of hydrogen-bond donors (Lipinski definition) is 0. The van der Waals surface area contributed by atoms with Gasteiger partial charge in [-0.05, 0) is 32.5 Å². The SMILES string of the molecule is COCCCN(C)C(C)C(=O)c1cccc(Cl)c1. The van der Waals surface area contributed by atoms with Gasteiger partial charge in [0.25, 0.3) is 0 Å². The van der Waals surface area contributed by atoms with Gasteiger partial charge in [-0.15, -0.1) is 0 Å². The van der Waals surface area contributed by atoms with Gasteiger partial charge in [-0.25, -0.2) is 0 Å². The standard InChI is InChI=1S/C14H20ClNO2/c1-11(16(2)8-5-9-18-3)14(17)12-6-4-7-13(15)10-12/h4,6-7,10-11H,5,8-9H2,1-3H3. The summed E-state index contributed by atoms with van der Waals surface area (Å²) in [5.41, 5.74) is 0.661. The molecular weight excluding hydrogens is 250 g/mol. The van der Waals surface area contributed by atoms with Crippen LogP contribution in [0.15, 0.2) is 24.3 Å². The molecule has 0 heterocycles. The normalized spacial score (nSPS) is 12.7. The molecule has 0 N–H and O–H groups in total. The number of benzene rings is 1. The second kappa shape index (κ2) is 7.52. The quantitative estimate of drug-likeness (QED) is 0.563. The number of halogens is 1. The Kier molecular flexibility index (Phi) is 6.33. The van der Waals surface area contributed by atoms with E-state index in [4.69, 9.17) is 16.3 Å². The summed E-state index contributed by atoms with van der Waals surface area (Å²) < 4.78 is 5.00. The Labute approximate surface area is 114 Å². The van der Waals surface area contributed by atoms with E-state index in [1.165, 1.54) is 0 Å². The third-order valence-corrected chi connectivity index (χ3v) is 3.24. The van der Waals surface area contributed by atoms with Crippen molar-refractivity contribution in [2.24, 2.45) is 0 Å². The molecule has 1 atom stereocenters. The number of methoxy groups -OCH3 is 1. The number of rotatable bonds is 7. The van der Waals surface area contributed by atoms with Crippen molar-refractivity contribution in [3.05, 3.63) is 34.9 Å². The number of ketones is 1. The molecule has 0 amide bonds. The van der Waals surface area contributed by atoms with Crippen LogP contribution >= 0.6 is 11.6 Å². The zero-order valence-electron chi connectivity index (χ0n) is 11.1. The maximum Gasteiger partial charge on any atom is 0.179 e. The van der Waals surface area contributed by atoms with Crippen LogP contribution in [0.1, 0.15) is 23.7 Å². The van der Waals surface area contributed by atoms with Crippen LogP contribution in [-0.2, 0) is 4.74 Å². The van der Waals surface area contributed by atoms with Crippen molar-refractivity contribution in [3.8, 4) is 0 Å². The first-order valence-electron chi connectivity index (χ1n) is 6.05. The van der Waals surface area contributed by atoms with E-state index in [2.05, 4.69) is 0 Å². The Morgan fingerprint density at radius 1 is 1.50 bits per heavy atom. The first-order chi connectivity index (χ1) is 8.56. The van der Waals surface area contributed by atoms with Crippen LogP contribution in [-0.4, -0.2) is 44.0 Å². The number of nitrogens with zero attached hydrogens (tertiary/aromatic N) is 1. The van der Waals surface area contributed by atoms with Crippen LogP contribution in [0.25, 0.3) is 0 Å². The first-order valence-corrected chi connectivity index (χ1v) is 6.43. The fraction of sp³-hybridized carbons (Fsp3) is 0.500. The molecule has 0 aliphatic heterocycles. The summed E-state index contributed by atoms with van der Waals surface area (Å²) in [6, 6.07) is 6.93. The van der Waals surface area contributed by atoms with Crippen molar-refractivity contribution in [1.82, 2.24) is 4.90 Å². The Balaban J connectivity index is 2.60. The van der Waals surface area contributed by atoms with Gasteiger partial charge in [-0.2, -0.15) is 0 Å². The highest BCUT2D eigenvalue weighted by Crippen LogP contribution is 2.14.